The number of ether oxygens (including phenoxy) is 3. The second kappa shape index (κ2) is 7.53. The third-order valence-electron chi connectivity index (χ3n) is 3.53. The zero-order valence-corrected chi connectivity index (χ0v) is 13.6. The molecule has 6 heteroatoms. The van der Waals surface area contributed by atoms with Crippen molar-refractivity contribution in [1.82, 2.24) is 0 Å². The lowest BCUT2D eigenvalue weighted by molar-refractivity contribution is -0.147. The summed E-state index contributed by atoms with van der Waals surface area (Å²) in [6.45, 7) is -0.261. The summed E-state index contributed by atoms with van der Waals surface area (Å²) in [7, 11) is 1.53. The van der Waals surface area contributed by atoms with Crippen molar-refractivity contribution in [2.45, 2.75) is 6.61 Å². The maximum Gasteiger partial charge on any atom is 0.344 e. The summed E-state index contributed by atoms with van der Waals surface area (Å²) in [5.74, 6) is 0.622. The summed E-state index contributed by atoms with van der Waals surface area (Å²) in [5, 5.41) is 0.678. The van der Waals surface area contributed by atoms with E-state index in [1.54, 1.807) is 30.3 Å². The van der Waals surface area contributed by atoms with E-state index in [-0.39, 0.29) is 13.2 Å². The minimum Gasteiger partial charge on any atom is -0.497 e. The molecule has 1 heterocycles. The van der Waals surface area contributed by atoms with Gasteiger partial charge < -0.3 is 18.6 Å². The summed E-state index contributed by atoms with van der Waals surface area (Å²) < 4.78 is 20.8. The van der Waals surface area contributed by atoms with Gasteiger partial charge in [0.25, 0.3) is 0 Å². The van der Waals surface area contributed by atoms with E-state index in [4.69, 9.17) is 18.6 Å². The van der Waals surface area contributed by atoms with Crippen molar-refractivity contribution in [1.29, 1.82) is 0 Å². The molecule has 6 nitrogen and oxygen atoms in total. The summed E-state index contributed by atoms with van der Waals surface area (Å²) in [6, 6.07) is 15.4. The van der Waals surface area contributed by atoms with Gasteiger partial charge in [-0.1, -0.05) is 18.2 Å². The molecule has 0 unspecified atom stereocenters. The number of carbonyl (C=O) groups is 1. The number of esters is 1. The van der Waals surface area contributed by atoms with Crippen LogP contribution in [0.25, 0.3) is 11.0 Å². The van der Waals surface area contributed by atoms with Crippen molar-refractivity contribution in [2.75, 3.05) is 13.7 Å². The van der Waals surface area contributed by atoms with Crippen LogP contribution in [-0.2, 0) is 16.1 Å². The quantitative estimate of drug-likeness (QED) is 0.507. The molecule has 0 bridgehead atoms. The van der Waals surface area contributed by atoms with Crippen molar-refractivity contribution in [2.24, 2.45) is 0 Å². The zero-order chi connectivity index (χ0) is 17.6. The van der Waals surface area contributed by atoms with Crippen molar-refractivity contribution < 1.29 is 23.4 Å². The molecule has 3 rings (SSSR count). The third-order valence-corrected chi connectivity index (χ3v) is 3.53. The molecule has 3 aromatic rings. The molecule has 0 saturated carbocycles. The Morgan fingerprint density at radius 1 is 1.04 bits per heavy atom. The predicted octanol–water partition coefficient (Wildman–Crippen LogP) is 2.92. The molecule has 1 aromatic heterocycles. The first-order chi connectivity index (χ1) is 12.2. The molecule has 0 aliphatic carbocycles. The fraction of sp³-hybridized carbons (Fsp3) is 0.158. The molecule has 0 amide bonds. The van der Waals surface area contributed by atoms with Gasteiger partial charge in [-0.05, 0) is 24.3 Å². The summed E-state index contributed by atoms with van der Waals surface area (Å²) >= 11 is 0. The van der Waals surface area contributed by atoms with Crippen molar-refractivity contribution in [3.05, 3.63) is 70.6 Å². The largest absolute Gasteiger partial charge is 0.497 e. The molecule has 0 N–H and O–H groups in total. The second-order valence-electron chi connectivity index (χ2n) is 5.22. The number of hydrogen-bond donors (Lipinski definition) is 0. The van der Waals surface area contributed by atoms with Gasteiger partial charge in [0.05, 0.1) is 7.11 Å². The highest BCUT2D eigenvalue weighted by molar-refractivity contribution is 5.81. The molecule has 0 radical (unpaired) electrons. The number of rotatable bonds is 6. The number of benzene rings is 2. The third kappa shape index (κ3) is 4.17. The van der Waals surface area contributed by atoms with E-state index in [9.17, 15) is 9.59 Å². The first kappa shape index (κ1) is 16.6. The van der Waals surface area contributed by atoms with E-state index in [2.05, 4.69) is 0 Å². The van der Waals surface area contributed by atoms with Gasteiger partial charge >= 0.3 is 11.6 Å². The van der Waals surface area contributed by atoms with Crippen LogP contribution in [0.5, 0.6) is 11.5 Å². The van der Waals surface area contributed by atoms with Crippen LogP contribution in [0.1, 0.15) is 5.56 Å². The lowest BCUT2D eigenvalue weighted by Crippen LogP contribution is -2.15. The maximum atomic E-state index is 11.8. The van der Waals surface area contributed by atoms with Crippen LogP contribution in [0.15, 0.2) is 63.8 Å². The molecular formula is C19H16O6. The minimum absolute atomic E-state index is 0.0502. The van der Waals surface area contributed by atoms with Crippen LogP contribution in [0.2, 0.25) is 0 Å². The SMILES string of the molecule is COc1ccc2c(COC(=O)COc3ccccc3)cc(=O)oc2c1. The van der Waals surface area contributed by atoms with Crippen molar-refractivity contribution in [3.63, 3.8) is 0 Å². The second-order valence-corrected chi connectivity index (χ2v) is 5.22. The molecule has 0 spiro atoms. The smallest absolute Gasteiger partial charge is 0.344 e. The minimum atomic E-state index is -0.529. The number of methoxy groups -OCH3 is 1. The van der Waals surface area contributed by atoms with Gasteiger partial charge in [0, 0.05) is 23.1 Å². The normalized spacial score (nSPS) is 10.4. The Kier molecular flexibility index (Phi) is 4.99. The van der Waals surface area contributed by atoms with Crippen molar-refractivity contribution >= 4 is 16.9 Å². The highest BCUT2D eigenvalue weighted by atomic mass is 16.6. The summed E-state index contributed by atoms with van der Waals surface area (Å²) in [5.41, 5.74) is 0.410. The Hall–Kier alpha value is -3.28. The highest BCUT2D eigenvalue weighted by Gasteiger charge is 2.10. The van der Waals surface area contributed by atoms with E-state index in [0.717, 1.165) is 0 Å². The lowest BCUT2D eigenvalue weighted by atomic mass is 10.1. The van der Waals surface area contributed by atoms with Crippen molar-refractivity contribution in [3.8, 4) is 11.5 Å². The number of hydrogen-bond acceptors (Lipinski definition) is 6. The van der Waals surface area contributed by atoms with E-state index in [1.165, 1.54) is 13.2 Å². The molecule has 0 aliphatic rings. The fourth-order valence-electron chi connectivity index (χ4n) is 2.32. The van der Waals surface area contributed by atoms with Crippen LogP contribution < -0.4 is 15.1 Å². The van der Waals surface area contributed by atoms with Gasteiger partial charge in [0.15, 0.2) is 6.61 Å². The van der Waals surface area contributed by atoms with Gasteiger partial charge in [-0.15, -0.1) is 0 Å². The Balaban J connectivity index is 1.68. The Bertz CT molecular complexity index is 930. The average Bonchev–Trinajstić information content (AvgIpc) is 2.64. The Morgan fingerprint density at radius 3 is 2.60 bits per heavy atom. The van der Waals surface area contributed by atoms with E-state index in [0.29, 0.717) is 28.0 Å². The number of para-hydroxylation sites is 1. The maximum absolute atomic E-state index is 11.8. The standard InChI is InChI=1S/C19H16O6/c1-22-15-7-8-16-13(9-18(20)25-17(16)10-15)11-24-19(21)12-23-14-5-3-2-4-6-14/h2-10H,11-12H2,1H3. The van der Waals surface area contributed by atoms with Crippen LogP contribution in [0.3, 0.4) is 0 Å². The van der Waals surface area contributed by atoms with E-state index >= 15 is 0 Å². The molecule has 0 saturated heterocycles. The van der Waals surface area contributed by atoms with Crippen LogP contribution in [0.4, 0.5) is 0 Å². The lowest BCUT2D eigenvalue weighted by Gasteiger charge is -2.09. The van der Waals surface area contributed by atoms with Gasteiger partial charge in [-0.3, -0.25) is 0 Å². The van der Waals surface area contributed by atoms with Crippen LogP contribution in [-0.4, -0.2) is 19.7 Å². The monoisotopic (exact) mass is 340 g/mol. The molecule has 25 heavy (non-hydrogen) atoms. The fourth-order valence-corrected chi connectivity index (χ4v) is 2.32. The Labute approximate surface area is 143 Å². The molecular weight excluding hydrogens is 324 g/mol. The molecule has 2 aromatic carbocycles. The summed E-state index contributed by atoms with van der Waals surface area (Å²) in [6.07, 6.45) is 0. The van der Waals surface area contributed by atoms with Crippen LogP contribution in [0, 0.1) is 0 Å². The topological polar surface area (TPSA) is 75.0 Å². The predicted molar refractivity (Wildman–Crippen MR) is 90.8 cm³/mol. The highest BCUT2D eigenvalue weighted by Crippen LogP contribution is 2.23. The van der Waals surface area contributed by atoms with E-state index < -0.39 is 11.6 Å². The zero-order valence-electron chi connectivity index (χ0n) is 13.6. The van der Waals surface area contributed by atoms with Gasteiger partial charge in [-0.25, -0.2) is 9.59 Å². The average molecular weight is 340 g/mol. The number of carbonyl (C=O) groups excluding carboxylic acids is 1. The molecule has 0 aliphatic heterocycles. The van der Waals surface area contributed by atoms with Gasteiger partial charge in [0.1, 0.15) is 23.7 Å². The van der Waals surface area contributed by atoms with Gasteiger partial charge in [-0.2, -0.15) is 0 Å². The van der Waals surface area contributed by atoms with Crippen LogP contribution >= 0.6 is 0 Å². The first-order valence-corrected chi connectivity index (χ1v) is 7.60. The first-order valence-electron chi connectivity index (χ1n) is 7.60. The number of fused-ring (bicyclic) bond motifs is 1. The van der Waals surface area contributed by atoms with Gasteiger partial charge in [0.2, 0.25) is 0 Å². The molecule has 0 atom stereocenters. The summed E-state index contributed by atoms with van der Waals surface area (Å²) in [4.78, 5) is 23.5. The van der Waals surface area contributed by atoms with E-state index in [1.807, 2.05) is 18.2 Å². The molecule has 128 valence electrons. The molecule has 0 fully saturated rings. The Morgan fingerprint density at radius 2 is 1.84 bits per heavy atom.